The van der Waals surface area contributed by atoms with Crippen LogP contribution in [-0.2, 0) is 6.54 Å². The maximum atomic E-state index is 13.5. The highest BCUT2D eigenvalue weighted by molar-refractivity contribution is 5.46. The number of hydrazine groups is 1. The molecule has 4 rings (SSSR count). The monoisotopic (exact) mass is 383 g/mol. The lowest BCUT2D eigenvalue weighted by molar-refractivity contribution is 0.406. The number of ether oxygens (including phenoxy) is 1. The van der Waals surface area contributed by atoms with Gasteiger partial charge in [0.1, 0.15) is 17.4 Å². The minimum atomic E-state index is -0.327. The lowest BCUT2D eigenvalue weighted by Crippen LogP contribution is -2.24. The van der Waals surface area contributed by atoms with Gasteiger partial charge in [0.15, 0.2) is 0 Å². The van der Waals surface area contributed by atoms with E-state index in [4.69, 9.17) is 4.74 Å². The van der Waals surface area contributed by atoms with E-state index in [1.165, 1.54) is 21.4 Å². The molecule has 146 valence electrons. The number of hydrogen-bond acceptors (Lipinski definition) is 5. The third-order valence-corrected chi connectivity index (χ3v) is 5.00. The normalized spacial score (nSPS) is 14.5. The average molecular weight is 383 g/mol. The van der Waals surface area contributed by atoms with Crippen LogP contribution < -0.4 is 21.3 Å². The van der Waals surface area contributed by atoms with Crippen molar-refractivity contribution in [3.05, 3.63) is 75.7 Å². The Balaban J connectivity index is 1.69. The van der Waals surface area contributed by atoms with Gasteiger partial charge in [-0.1, -0.05) is 18.2 Å². The van der Waals surface area contributed by atoms with E-state index < -0.39 is 0 Å². The molecule has 0 atom stereocenters. The van der Waals surface area contributed by atoms with Gasteiger partial charge in [0.2, 0.25) is 0 Å². The van der Waals surface area contributed by atoms with Crippen molar-refractivity contribution in [3.8, 4) is 11.4 Å². The first-order valence-electron chi connectivity index (χ1n) is 9.11. The number of aryl methyl sites for hydroxylation is 1. The fourth-order valence-electron chi connectivity index (χ4n) is 3.51. The minimum absolute atomic E-state index is 0.261. The molecule has 1 fully saturated rings. The zero-order chi connectivity index (χ0) is 19.7. The van der Waals surface area contributed by atoms with Crippen molar-refractivity contribution in [2.75, 3.05) is 20.2 Å². The lowest BCUT2D eigenvalue weighted by Gasteiger charge is -2.14. The van der Waals surface area contributed by atoms with E-state index >= 15 is 0 Å². The molecule has 2 heterocycles. The number of nitrogens with one attached hydrogen (secondary N) is 2. The van der Waals surface area contributed by atoms with Gasteiger partial charge in [-0.2, -0.15) is 9.78 Å². The van der Waals surface area contributed by atoms with Crippen molar-refractivity contribution in [1.29, 1.82) is 0 Å². The van der Waals surface area contributed by atoms with Crippen molar-refractivity contribution in [1.82, 2.24) is 25.2 Å². The minimum Gasteiger partial charge on any atom is -0.496 e. The van der Waals surface area contributed by atoms with Crippen LogP contribution in [0.15, 0.2) is 47.3 Å². The van der Waals surface area contributed by atoms with Crippen LogP contribution in [0.4, 0.5) is 4.39 Å². The Bertz CT molecular complexity index is 1050. The van der Waals surface area contributed by atoms with Gasteiger partial charge in [-0.15, -0.1) is 0 Å². The van der Waals surface area contributed by atoms with Gasteiger partial charge >= 0.3 is 5.69 Å². The molecule has 28 heavy (non-hydrogen) atoms. The Morgan fingerprint density at radius 3 is 2.71 bits per heavy atom. The Hall–Kier alpha value is -2.97. The molecule has 0 unspecified atom stereocenters. The largest absolute Gasteiger partial charge is 0.496 e. The summed E-state index contributed by atoms with van der Waals surface area (Å²) in [5.41, 5.74) is 8.36. The van der Waals surface area contributed by atoms with Crippen LogP contribution in [-0.4, -0.2) is 34.5 Å². The lowest BCUT2D eigenvalue weighted by atomic mass is 9.99. The summed E-state index contributed by atoms with van der Waals surface area (Å²) in [6.45, 7) is 3.66. The molecule has 0 bridgehead atoms. The third kappa shape index (κ3) is 3.44. The highest BCUT2D eigenvalue weighted by atomic mass is 19.1. The van der Waals surface area contributed by atoms with Crippen molar-refractivity contribution in [2.45, 2.75) is 19.4 Å². The van der Waals surface area contributed by atoms with Crippen LogP contribution in [0, 0.1) is 12.7 Å². The molecule has 2 aromatic carbocycles. The summed E-state index contributed by atoms with van der Waals surface area (Å²) < 4.78 is 21.9. The molecule has 2 N–H and O–H groups in total. The zero-order valence-electron chi connectivity index (χ0n) is 15.8. The van der Waals surface area contributed by atoms with Gasteiger partial charge in [0.05, 0.1) is 19.3 Å². The molecule has 7 nitrogen and oxygen atoms in total. The smallest absolute Gasteiger partial charge is 0.351 e. The number of rotatable bonds is 5. The quantitative estimate of drug-likeness (QED) is 0.702. The predicted octanol–water partition coefficient (Wildman–Crippen LogP) is 1.73. The Kier molecular flexibility index (Phi) is 4.97. The second kappa shape index (κ2) is 7.57. The van der Waals surface area contributed by atoms with E-state index in [2.05, 4.69) is 16.0 Å². The molecule has 0 radical (unpaired) electrons. The topological polar surface area (TPSA) is 73.1 Å². The molecular weight excluding hydrogens is 361 g/mol. The number of methoxy groups -OCH3 is 1. The molecule has 1 saturated heterocycles. The van der Waals surface area contributed by atoms with E-state index in [-0.39, 0.29) is 18.1 Å². The average Bonchev–Trinajstić information content (AvgIpc) is 3.32. The molecule has 0 saturated carbocycles. The van der Waals surface area contributed by atoms with Crippen LogP contribution in [0.25, 0.3) is 5.69 Å². The summed E-state index contributed by atoms with van der Waals surface area (Å²) in [6, 6.07) is 11.9. The molecule has 3 aromatic rings. The predicted molar refractivity (Wildman–Crippen MR) is 103 cm³/mol. The van der Waals surface area contributed by atoms with Crippen LogP contribution >= 0.6 is 0 Å². The van der Waals surface area contributed by atoms with Gasteiger partial charge < -0.3 is 4.74 Å². The summed E-state index contributed by atoms with van der Waals surface area (Å²) in [5, 5.41) is 4.39. The second-order valence-corrected chi connectivity index (χ2v) is 6.84. The van der Waals surface area contributed by atoms with E-state index in [0.717, 1.165) is 24.4 Å². The number of hydrogen-bond donors (Lipinski definition) is 2. The van der Waals surface area contributed by atoms with E-state index in [0.29, 0.717) is 23.0 Å². The standard InChI is InChI=1S/C20H22FN5O2/c1-13-24-26(20(27)25(13)12-14-4-3-5-16(21)8-14)17-6-7-18(19(9-17)28-2)15-10-22-23-11-15/h3-9,15,22-23H,10-12H2,1-2H3. The number of halogens is 1. The summed E-state index contributed by atoms with van der Waals surface area (Å²) in [6.07, 6.45) is 0. The molecule has 8 heteroatoms. The van der Waals surface area contributed by atoms with Crippen molar-refractivity contribution in [3.63, 3.8) is 0 Å². The van der Waals surface area contributed by atoms with Gasteiger partial charge in [0, 0.05) is 25.1 Å². The van der Waals surface area contributed by atoms with Crippen LogP contribution in [0.2, 0.25) is 0 Å². The van der Waals surface area contributed by atoms with Crippen LogP contribution in [0.5, 0.6) is 5.75 Å². The van der Waals surface area contributed by atoms with E-state index in [1.807, 2.05) is 18.2 Å². The SMILES string of the molecule is COc1cc(-n2nc(C)n(Cc3cccc(F)c3)c2=O)ccc1C1CNNC1. The first kappa shape index (κ1) is 18.4. The van der Waals surface area contributed by atoms with E-state index in [9.17, 15) is 9.18 Å². The van der Waals surface area contributed by atoms with Crippen molar-refractivity contribution in [2.24, 2.45) is 0 Å². The third-order valence-electron chi connectivity index (χ3n) is 5.00. The molecule has 0 aliphatic carbocycles. The van der Waals surface area contributed by atoms with Gasteiger partial charge in [0.25, 0.3) is 0 Å². The number of aromatic nitrogens is 3. The van der Waals surface area contributed by atoms with Crippen molar-refractivity contribution >= 4 is 0 Å². The molecule has 1 aromatic heterocycles. The Morgan fingerprint density at radius 1 is 1.21 bits per heavy atom. The fraction of sp³-hybridized carbons (Fsp3) is 0.300. The van der Waals surface area contributed by atoms with E-state index in [1.54, 1.807) is 26.2 Å². The molecular formula is C20H22FN5O2. The van der Waals surface area contributed by atoms with Gasteiger partial charge in [-0.05, 0) is 36.2 Å². The van der Waals surface area contributed by atoms with Crippen LogP contribution in [0.1, 0.15) is 22.9 Å². The maximum absolute atomic E-state index is 13.5. The number of nitrogens with zero attached hydrogens (tertiary/aromatic N) is 3. The molecule has 1 aliphatic heterocycles. The highest BCUT2D eigenvalue weighted by Crippen LogP contribution is 2.29. The Morgan fingerprint density at radius 2 is 2.00 bits per heavy atom. The summed E-state index contributed by atoms with van der Waals surface area (Å²) in [4.78, 5) is 12.9. The maximum Gasteiger partial charge on any atom is 0.351 e. The van der Waals surface area contributed by atoms with Crippen molar-refractivity contribution < 1.29 is 9.13 Å². The summed E-state index contributed by atoms with van der Waals surface area (Å²) in [7, 11) is 1.62. The first-order valence-corrected chi connectivity index (χ1v) is 9.11. The summed E-state index contributed by atoms with van der Waals surface area (Å²) >= 11 is 0. The Labute approximate surface area is 161 Å². The second-order valence-electron chi connectivity index (χ2n) is 6.84. The molecule has 1 aliphatic rings. The number of benzene rings is 2. The van der Waals surface area contributed by atoms with Gasteiger partial charge in [-0.3, -0.25) is 15.4 Å². The molecule has 0 amide bonds. The van der Waals surface area contributed by atoms with Gasteiger partial charge in [-0.25, -0.2) is 9.18 Å². The highest BCUT2D eigenvalue weighted by Gasteiger charge is 2.21. The fourth-order valence-corrected chi connectivity index (χ4v) is 3.51. The molecule has 0 spiro atoms. The van der Waals surface area contributed by atoms with Crippen LogP contribution in [0.3, 0.4) is 0 Å². The first-order chi connectivity index (χ1) is 13.6. The summed E-state index contributed by atoms with van der Waals surface area (Å²) in [5.74, 6) is 1.25. The zero-order valence-corrected chi connectivity index (χ0v) is 15.8.